The van der Waals surface area contributed by atoms with Crippen LogP contribution < -0.4 is 5.73 Å². The van der Waals surface area contributed by atoms with Gasteiger partial charge < -0.3 is 5.73 Å². The summed E-state index contributed by atoms with van der Waals surface area (Å²) in [5.74, 6) is 0.511. The Hall–Kier alpha value is -1.42. The van der Waals surface area contributed by atoms with E-state index in [-0.39, 0.29) is 0 Å². The molecule has 0 atom stereocenters. The van der Waals surface area contributed by atoms with E-state index in [4.69, 9.17) is 5.73 Å². The fourth-order valence-electron chi connectivity index (χ4n) is 1.42. The molecule has 0 radical (unpaired) electrons. The lowest BCUT2D eigenvalue weighted by Gasteiger charge is -2.07. The SMILES string of the molecule is Cc1cnccc1-c1ccc(N)nc1Br. The van der Waals surface area contributed by atoms with Crippen LogP contribution in [0, 0.1) is 6.92 Å². The predicted octanol–water partition coefficient (Wildman–Crippen LogP) is 2.80. The second-order valence-corrected chi connectivity index (χ2v) is 4.02. The van der Waals surface area contributed by atoms with Gasteiger partial charge in [-0.25, -0.2) is 4.98 Å². The Balaban J connectivity index is 2.60. The zero-order valence-electron chi connectivity index (χ0n) is 8.24. The molecule has 2 heterocycles. The van der Waals surface area contributed by atoms with Gasteiger partial charge in [-0.3, -0.25) is 4.98 Å². The minimum absolute atomic E-state index is 0.511. The van der Waals surface area contributed by atoms with Crippen molar-refractivity contribution in [3.05, 3.63) is 40.8 Å². The van der Waals surface area contributed by atoms with Crippen LogP contribution in [0.25, 0.3) is 11.1 Å². The third kappa shape index (κ3) is 1.99. The van der Waals surface area contributed by atoms with Crippen LogP contribution in [0.4, 0.5) is 5.82 Å². The van der Waals surface area contributed by atoms with Gasteiger partial charge in [0.05, 0.1) is 0 Å². The van der Waals surface area contributed by atoms with Crippen molar-refractivity contribution in [1.82, 2.24) is 9.97 Å². The minimum Gasteiger partial charge on any atom is -0.384 e. The molecule has 0 saturated heterocycles. The number of aryl methyl sites for hydroxylation is 1. The second-order valence-electron chi connectivity index (χ2n) is 3.27. The van der Waals surface area contributed by atoms with Crippen molar-refractivity contribution in [1.29, 1.82) is 0 Å². The van der Waals surface area contributed by atoms with Gasteiger partial charge in [0.15, 0.2) is 0 Å². The first-order chi connectivity index (χ1) is 7.18. The molecule has 0 amide bonds. The summed E-state index contributed by atoms with van der Waals surface area (Å²) in [7, 11) is 0. The normalized spacial score (nSPS) is 10.3. The number of hydrogen-bond acceptors (Lipinski definition) is 3. The molecule has 2 aromatic rings. The Morgan fingerprint density at radius 2 is 2.00 bits per heavy atom. The molecule has 0 bridgehead atoms. The molecule has 0 aromatic carbocycles. The third-order valence-electron chi connectivity index (χ3n) is 2.18. The van der Waals surface area contributed by atoms with Gasteiger partial charge in [0, 0.05) is 18.0 Å². The molecule has 2 N–H and O–H groups in total. The molecule has 0 aliphatic heterocycles. The average molecular weight is 264 g/mol. The van der Waals surface area contributed by atoms with Crippen molar-refractivity contribution in [2.75, 3.05) is 5.73 Å². The Labute approximate surface area is 96.5 Å². The van der Waals surface area contributed by atoms with E-state index >= 15 is 0 Å². The maximum atomic E-state index is 5.59. The lowest BCUT2D eigenvalue weighted by atomic mass is 10.1. The summed E-state index contributed by atoms with van der Waals surface area (Å²) in [6, 6.07) is 5.71. The molecule has 0 aliphatic rings. The van der Waals surface area contributed by atoms with Gasteiger partial charge in [0.2, 0.25) is 0 Å². The number of aromatic nitrogens is 2. The fourth-order valence-corrected chi connectivity index (χ4v) is 1.98. The summed E-state index contributed by atoms with van der Waals surface area (Å²) < 4.78 is 0.761. The molecule has 0 unspecified atom stereocenters. The molecule has 0 aliphatic carbocycles. The van der Waals surface area contributed by atoms with Crippen molar-refractivity contribution in [3.8, 4) is 11.1 Å². The summed E-state index contributed by atoms with van der Waals surface area (Å²) in [6.45, 7) is 2.02. The van der Waals surface area contributed by atoms with Crippen molar-refractivity contribution < 1.29 is 0 Å². The zero-order chi connectivity index (χ0) is 10.8. The van der Waals surface area contributed by atoms with E-state index < -0.39 is 0 Å². The first-order valence-corrected chi connectivity index (χ1v) is 5.31. The lowest BCUT2D eigenvalue weighted by Crippen LogP contribution is -1.93. The molecule has 76 valence electrons. The summed E-state index contributed by atoms with van der Waals surface area (Å²) in [5.41, 5.74) is 8.85. The zero-order valence-corrected chi connectivity index (χ0v) is 9.82. The van der Waals surface area contributed by atoms with Crippen molar-refractivity contribution in [3.63, 3.8) is 0 Å². The molecule has 3 nitrogen and oxygen atoms in total. The minimum atomic E-state index is 0.511. The number of nitrogens with two attached hydrogens (primary N) is 1. The number of nitrogen functional groups attached to an aromatic ring is 1. The molecular weight excluding hydrogens is 254 g/mol. The molecule has 0 saturated carbocycles. The number of hydrogen-bond donors (Lipinski definition) is 1. The van der Waals surface area contributed by atoms with Crippen LogP contribution in [0.5, 0.6) is 0 Å². The predicted molar refractivity (Wildman–Crippen MR) is 64.3 cm³/mol. The van der Waals surface area contributed by atoms with Gasteiger partial charge >= 0.3 is 0 Å². The van der Waals surface area contributed by atoms with Crippen LogP contribution in [0.1, 0.15) is 5.56 Å². The molecule has 4 heteroatoms. The average Bonchev–Trinajstić information content (AvgIpc) is 2.20. The van der Waals surface area contributed by atoms with Gasteiger partial charge in [-0.1, -0.05) is 0 Å². The van der Waals surface area contributed by atoms with E-state index in [9.17, 15) is 0 Å². The monoisotopic (exact) mass is 263 g/mol. The van der Waals surface area contributed by atoms with E-state index in [1.54, 1.807) is 12.3 Å². The number of anilines is 1. The van der Waals surface area contributed by atoms with Crippen LogP contribution in [-0.2, 0) is 0 Å². The largest absolute Gasteiger partial charge is 0.384 e. The maximum Gasteiger partial charge on any atom is 0.124 e. The molecule has 0 fully saturated rings. The Bertz CT molecular complexity index is 497. The summed E-state index contributed by atoms with van der Waals surface area (Å²) in [4.78, 5) is 8.22. The highest BCUT2D eigenvalue weighted by Crippen LogP contribution is 2.29. The Kier molecular flexibility index (Phi) is 2.68. The third-order valence-corrected chi connectivity index (χ3v) is 2.79. The van der Waals surface area contributed by atoms with E-state index in [1.165, 1.54) is 0 Å². The maximum absolute atomic E-state index is 5.59. The standard InChI is InChI=1S/C11H10BrN3/c1-7-6-14-5-4-8(7)9-2-3-10(13)15-11(9)12/h2-6H,1H3,(H2,13,15). The highest BCUT2D eigenvalue weighted by Gasteiger charge is 2.06. The van der Waals surface area contributed by atoms with Crippen LogP contribution >= 0.6 is 15.9 Å². The molecular formula is C11H10BrN3. The highest BCUT2D eigenvalue weighted by atomic mass is 79.9. The van der Waals surface area contributed by atoms with E-state index in [0.717, 1.165) is 21.3 Å². The van der Waals surface area contributed by atoms with Gasteiger partial charge in [0.25, 0.3) is 0 Å². The van der Waals surface area contributed by atoms with Gasteiger partial charge in [0.1, 0.15) is 10.4 Å². The van der Waals surface area contributed by atoms with E-state index in [0.29, 0.717) is 5.82 Å². The van der Waals surface area contributed by atoms with Crippen molar-refractivity contribution in [2.45, 2.75) is 6.92 Å². The fraction of sp³-hybridized carbons (Fsp3) is 0.0909. The van der Waals surface area contributed by atoms with Gasteiger partial charge in [-0.2, -0.15) is 0 Å². The summed E-state index contributed by atoms with van der Waals surface area (Å²) in [5, 5.41) is 0. The van der Waals surface area contributed by atoms with Crippen molar-refractivity contribution in [2.24, 2.45) is 0 Å². The Morgan fingerprint density at radius 3 is 2.67 bits per heavy atom. The Morgan fingerprint density at radius 1 is 1.20 bits per heavy atom. The highest BCUT2D eigenvalue weighted by molar-refractivity contribution is 9.10. The molecule has 2 aromatic heterocycles. The first kappa shape index (κ1) is 10.1. The number of pyridine rings is 2. The van der Waals surface area contributed by atoms with E-state index in [2.05, 4.69) is 25.9 Å². The molecule has 0 spiro atoms. The van der Waals surface area contributed by atoms with Crippen LogP contribution in [-0.4, -0.2) is 9.97 Å². The van der Waals surface area contributed by atoms with Gasteiger partial charge in [-0.15, -0.1) is 0 Å². The lowest BCUT2D eigenvalue weighted by molar-refractivity contribution is 1.24. The topological polar surface area (TPSA) is 51.8 Å². The smallest absolute Gasteiger partial charge is 0.124 e. The number of halogens is 1. The number of nitrogens with zero attached hydrogens (tertiary/aromatic N) is 2. The van der Waals surface area contributed by atoms with E-state index in [1.807, 2.05) is 25.3 Å². The summed E-state index contributed by atoms with van der Waals surface area (Å²) >= 11 is 3.41. The quantitative estimate of drug-likeness (QED) is 0.806. The van der Waals surface area contributed by atoms with Crippen LogP contribution in [0.15, 0.2) is 35.2 Å². The van der Waals surface area contributed by atoms with Crippen LogP contribution in [0.3, 0.4) is 0 Å². The second kappa shape index (κ2) is 3.98. The first-order valence-electron chi connectivity index (χ1n) is 4.51. The molecule has 2 rings (SSSR count). The van der Waals surface area contributed by atoms with Crippen molar-refractivity contribution >= 4 is 21.7 Å². The molecule has 15 heavy (non-hydrogen) atoms. The summed E-state index contributed by atoms with van der Waals surface area (Å²) in [6.07, 6.45) is 3.60. The van der Waals surface area contributed by atoms with Gasteiger partial charge in [-0.05, 0) is 52.2 Å². The number of rotatable bonds is 1. The van der Waals surface area contributed by atoms with Crippen LogP contribution in [0.2, 0.25) is 0 Å².